The molecular formula is C12H17O7P. The van der Waals surface area contributed by atoms with Gasteiger partial charge in [0, 0.05) is 5.56 Å². The van der Waals surface area contributed by atoms with Crippen LogP contribution in [-0.4, -0.2) is 32.6 Å². The molecule has 0 unspecified atom stereocenters. The van der Waals surface area contributed by atoms with Gasteiger partial charge < -0.3 is 18.2 Å². The van der Waals surface area contributed by atoms with Crippen molar-refractivity contribution in [3.05, 3.63) is 23.2 Å². The second kappa shape index (κ2) is 7.38. The molecule has 0 radical (unpaired) electrons. The van der Waals surface area contributed by atoms with Gasteiger partial charge >= 0.3 is 13.6 Å². The molecule has 8 heteroatoms. The molecule has 0 spiro atoms. The van der Waals surface area contributed by atoms with Crippen LogP contribution in [0.5, 0.6) is 0 Å². The molecule has 112 valence electrons. The van der Waals surface area contributed by atoms with E-state index in [0.717, 1.165) is 0 Å². The van der Waals surface area contributed by atoms with Gasteiger partial charge in [-0.15, -0.1) is 0 Å². The zero-order valence-electron chi connectivity index (χ0n) is 11.6. The second-order valence-corrected chi connectivity index (χ2v) is 5.77. The smallest absolute Gasteiger partial charge is 0.374 e. The summed E-state index contributed by atoms with van der Waals surface area (Å²) < 4.78 is 32.3. The summed E-state index contributed by atoms with van der Waals surface area (Å²) in [6, 6.07) is 1.32. The van der Waals surface area contributed by atoms with Crippen molar-refractivity contribution >= 4 is 19.9 Å². The summed E-state index contributed by atoms with van der Waals surface area (Å²) in [7, 11) is -2.22. The predicted octanol–water partition coefficient (Wildman–Crippen LogP) is 2.64. The molecule has 0 aliphatic rings. The highest BCUT2D eigenvalue weighted by molar-refractivity contribution is 7.53. The van der Waals surface area contributed by atoms with Gasteiger partial charge in [0.05, 0.1) is 26.5 Å². The average molecular weight is 304 g/mol. The summed E-state index contributed by atoms with van der Waals surface area (Å²) in [5.74, 6) is -0.984. The number of esters is 1. The van der Waals surface area contributed by atoms with Gasteiger partial charge in [0.1, 0.15) is 0 Å². The minimum absolute atomic E-state index is 0.0556. The van der Waals surface area contributed by atoms with E-state index in [-0.39, 0.29) is 36.5 Å². The highest BCUT2D eigenvalue weighted by atomic mass is 31.2. The molecule has 7 nitrogen and oxygen atoms in total. The highest BCUT2D eigenvalue weighted by Crippen LogP contribution is 2.51. The normalized spacial score (nSPS) is 11.3. The Morgan fingerprint density at radius 3 is 2.40 bits per heavy atom. The molecule has 0 amide bonds. The number of furan rings is 1. The SMILES string of the molecule is CCOP(=O)(Cc1cc(C=O)oc1C(=O)OC)OCC. The molecule has 0 aliphatic carbocycles. The van der Waals surface area contributed by atoms with Gasteiger partial charge in [0.2, 0.25) is 5.76 Å². The van der Waals surface area contributed by atoms with Crippen LogP contribution in [0.4, 0.5) is 0 Å². The van der Waals surface area contributed by atoms with Crippen LogP contribution < -0.4 is 0 Å². The van der Waals surface area contributed by atoms with Gasteiger partial charge in [-0.3, -0.25) is 9.36 Å². The lowest BCUT2D eigenvalue weighted by atomic mass is 10.2. The fourth-order valence-electron chi connectivity index (χ4n) is 1.62. The Labute approximate surface area is 116 Å². The maximum atomic E-state index is 12.4. The van der Waals surface area contributed by atoms with Gasteiger partial charge in [-0.25, -0.2) is 4.79 Å². The van der Waals surface area contributed by atoms with E-state index in [1.807, 2.05) is 0 Å². The van der Waals surface area contributed by atoms with Crippen LogP contribution in [0.2, 0.25) is 0 Å². The van der Waals surface area contributed by atoms with Gasteiger partial charge in [0.15, 0.2) is 12.0 Å². The lowest BCUT2D eigenvalue weighted by molar-refractivity contribution is 0.0562. The van der Waals surface area contributed by atoms with Gasteiger partial charge in [0.25, 0.3) is 0 Å². The van der Waals surface area contributed by atoms with Gasteiger partial charge in [-0.1, -0.05) is 0 Å². The van der Waals surface area contributed by atoms with Crippen LogP contribution in [0.25, 0.3) is 0 Å². The fourth-order valence-corrected chi connectivity index (χ4v) is 3.32. The summed E-state index contributed by atoms with van der Waals surface area (Å²) in [4.78, 5) is 22.3. The number of methoxy groups -OCH3 is 1. The molecule has 0 saturated heterocycles. The van der Waals surface area contributed by atoms with Crippen LogP contribution in [-0.2, 0) is 24.5 Å². The maximum absolute atomic E-state index is 12.4. The van der Waals surface area contributed by atoms with Crippen LogP contribution >= 0.6 is 7.60 Å². The molecule has 0 bridgehead atoms. The topological polar surface area (TPSA) is 92.0 Å². The third-order valence-corrected chi connectivity index (χ3v) is 4.36. The Kier molecular flexibility index (Phi) is 6.13. The maximum Gasteiger partial charge on any atom is 0.374 e. The first-order valence-electron chi connectivity index (χ1n) is 6.04. The number of carbonyl (C=O) groups is 2. The van der Waals surface area contributed by atoms with Crippen LogP contribution in [0, 0.1) is 0 Å². The van der Waals surface area contributed by atoms with E-state index in [0.29, 0.717) is 6.29 Å². The van der Waals surface area contributed by atoms with E-state index in [9.17, 15) is 14.2 Å². The third kappa shape index (κ3) is 4.03. The molecule has 1 heterocycles. The third-order valence-electron chi connectivity index (χ3n) is 2.33. The van der Waals surface area contributed by atoms with Crippen molar-refractivity contribution in [3.8, 4) is 0 Å². The summed E-state index contributed by atoms with van der Waals surface area (Å²) in [5, 5.41) is 0. The molecule has 1 aromatic heterocycles. The summed E-state index contributed by atoms with van der Waals surface area (Å²) in [5.41, 5.74) is 0.254. The number of hydrogen-bond donors (Lipinski definition) is 0. The van der Waals surface area contributed by atoms with E-state index >= 15 is 0 Å². The van der Waals surface area contributed by atoms with E-state index in [2.05, 4.69) is 4.74 Å². The van der Waals surface area contributed by atoms with Crippen molar-refractivity contribution in [1.29, 1.82) is 0 Å². The van der Waals surface area contributed by atoms with Crippen molar-refractivity contribution in [3.63, 3.8) is 0 Å². The van der Waals surface area contributed by atoms with E-state index in [4.69, 9.17) is 13.5 Å². The number of hydrogen-bond acceptors (Lipinski definition) is 7. The molecule has 0 aliphatic heterocycles. The Morgan fingerprint density at radius 1 is 1.35 bits per heavy atom. The zero-order valence-corrected chi connectivity index (χ0v) is 12.5. The average Bonchev–Trinajstić information content (AvgIpc) is 2.81. The van der Waals surface area contributed by atoms with E-state index in [1.54, 1.807) is 13.8 Å². The Morgan fingerprint density at radius 2 is 1.95 bits per heavy atom. The molecule has 1 rings (SSSR count). The number of carbonyl (C=O) groups excluding carboxylic acids is 2. The van der Waals surface area contributed by atoms with Crippen LogP contribution in [0.1, 0.15) is 40.5 Å². The fraction of sp³-hybridized carbons (Fsp3) is 0.500. The van der Waals surface area contributed by atoms with E-state index in [1.165, 1.54) is 13.2 Å². The second-order valence-electron chi connectivity index (χ2n) is 3.72. The van der Waals surface area contributed by atoms with Crippen molar-refractivity contribution in [2.45, 2.75) is 20.0 Å². The number of rotatable bonds is 8. The van der Waals surface area contributed by atoms with Crippen molar-refractivity contribution in [2.75, 3.05) is 20.3 Å². The minimum Gasteiger partial charge on any atom is -0.463 e. The number of ether oxygens (including phenoxy) is 1. The minimum atomic E-state index is -3.40. The van der Waals surface area contributed by atoms with Crippen molar-refractivity contribution in [2.24, 2.45) is 0 Å². The van der Waals surface area contributed by atoms with Crippen LogP contribution in [0.3, 0.4) is 0 Å². The lowest BCUT2D eigenvalue weighted by Gasteiger charge is -2.16. The Hall–Kier alpha value is -1.43. The molecule has 0 aromatic carbocycles. The quantitative estimate of drug-likeness (QED) is 0.414. The molecular weight excluding hydrogens is 287 g/mol. The molecule has 0 N–H and O–H groups in total. The predicted molar refractivity (Wildman–Crippen MR) is 70.0 cm³/mol. The van der Waals surface area contributed by atoms with Crippen molar-refractivity contribution < 1.29 is 32.4 Å². The van der Waals surface area contributed by atoms with Crippen molar-refractivity contribution in [1.82, 2.24) is 0 Å². The Bertz CT molecular complexity index is 510. The molecule has 1 aromatic rings. The first kappa shape index (κ1) is 16.6. The lowest BCUT2D eigenvalue weighted by Crippen LogP contribution is -2.05. The largest absolute Gasteiger partial charge is 0.463 e. The first-order chi connectivity index (χ1) is 9.49. The number of aldehydes is 1. The molecule has 0 atom stereocenters. The summed E-state index contributed by atoms with van der Waals surface area (Å²) in [6.45, 7) is 3.75. The molecule has 20 heavy (non-hydrogen) atoms. The summed E-state index contributed by atoms with van der Waals surface area (Å²) in [6.07, 6.45) is 0.276. The first-order valence-corrected chi connectivity index (χ1v) is 7.76. The van der Waals surface area contributed by atoms with E-state index < -0.39 is 13.6 Å². The molecule has 0 fully saturated rings. The summed E-state index contributed by atoms with van der Waals surface area (Å²) >= 11 is 0. The standard InChI is InChI=1S/C12H17O7P/c1-4-17-20(15,18-5-2)8-9-6-10(7-13)19-11(9)12(14)16-3/h6-7H,4-5,8H2,1-3H3. The Balaban J connectivity index is 3.11. The van der Waals surface area contributed by atoms with Gasteiger partial charge in [-0.05, 0) is 19.9 Å². The van der Waals surface area contributed by atoms with Crippen LogP contribution in [0.15, 0.2) is 10.5 Å². The monoisotopic (exact) mass is 304 g/mol. The molecule has 0 saturated carbocycles. The highest BCUT2D eigenvalue weighted by Gasteiger charge is 2.29. The zero-order chi connectivity index (χ0) is 15.2. The van der Waals surface area contributed by atoms with Gasteiger partial charge in [-0.2, -0.15) is 0 Å².